The predicted molar refractivity (Wildman–Crippen MR) is 46.3 cm³/mol. The highest BCUT2D eigenvalue weighted by molar-refractivity contribution is 6.33. The number of aryl methyl sites for hydroxylation is 1. The monoisotopic (exact) mass is 191 g/mol. The fourth-order valence-corrected chi connectivity index (χ4v) is 1.36. The van der Waals surface area contributed by atoms with Crippen molar-refractivity contribution < 1.29 is 0 Å². The van der Waals surface area contributed by atoms with Crippen molar-refractivity contribution in [3.8, 4) is 0 Å². The summed E-state index contributed by atoms with van der Waals surface area (Å²) in [5.41, 5.74) is 1.47. The van der Waals surface area contributed by atoms with E-state index in [1.807, 2.05) is 6.92 Å². The highest BCUT2D eigenvalue weighted by atomic mass is 35.5. The molecule has 0 fully saturated rings. The summed E-state index contributed by atoms with van der Waals surface area (Å²) in [6.45, 7) is 1.81. The van der Waals surface area contributed by atoms with Crippen LogP contribution in [0.5, 0.6) is 0 Å². The molecule has 0 amide bonds. The normalized spacial score (nSPS) is 9.82. The van der Waals surface area contributed by atoms with E-state index in [0.717, 1.165) is 11.4 Å². The molecule has 11 heavy (non-hydrogen) atoms. The maximum absolute atomic E-state index is 5.74. The van der Waals surface area contributed by atoms with Gasteiger partial charge in [0.25, 0.3) is 0 Å². The molecule has 60 valence electrons. The first-order valence-electron chi connectivity index (χ1n) is 3.02. The number of hydrogen-bond donors (Lipinski definition) is 1. The zero-order chi connectivity index (χ0) is 8.43. The summed E-state index contributed by atoms with van der Waals surface area (Å²) in [5.74, 6) is 0. The van der Waals surface area contributed by atoms with Gasteiger partial charge in [-0.1, -0.05) is 11.6 Å². The van der Waals surface area contributed by atoms with Crippen molar-refractivity contribution in [2.45, 2.75) is 6.92 Å². The van der Waals surface area contributed by atoms with Gasteiger partial charge in [0.05, 0.1) is 11.4 Å². The van der Waals surface area contributed by atoms with Crippen LogP contribution in [-0.4, -0.2) is 17.0 Å². The Kier molecular flexibility index (Phi) is 2.52. The minimum atomic E-state index is 0.173. The van der Waals surface area contributed by atoms with Gasteiger partial charge in [0.1, 0.15) is 0 Å². The fraction of sp³-hybridized carbons (Fsp3) is 0.333. The molecule has 0 aromatic carbocycles. The van der Waals surface area contributed by atoms with Crippen LogP contribution in [-0.2, 0) is 0 Å². The van der Waals surface area contributed by atoms with Crippen molar-refractivity contribution in [1.29, 1.82) is 0 Å². The maximum atomic E-state index is 5.74. The van der Waals surface area contributed by atoms with Gasteiger partial charge < -0.3 is 5.32 Å². The number of anilines is 1. The van der Waals surface area contributed by atoms with Crippen molar-refractivity contribution >= 4 is 28.9 Å². The van der Waals surface area contributed by atoms with Gasteiger partial charge in [-0.25, -0.2) is 9.97 Å². The second kappa shape index (κ2) is 3.24. The van der Waals surface area contributed by atoms with Crippen molar-refractivity contribution in [1.82, 2.24) is 9.97 Å². The molecule has 0 unspecified atom stereocenters. The third-order valence-corrected chi connectivity index (χ3v) is 1.71. The molecule has 0 aliphatic carbocycles. The molecular formula is C6H7Cl2N3. The van der Waals surface area contributed by atoms with Crippen LogP contribution in [0.4, 0.5) is 5.69 Å². The van der Waals surface area contributed by atoms with E-state index in [1.54, 1.807) is 7.05 Å². The summed E-state index contributed by atoms with van der Waals surface area (Å²) >= 11 is 11.3. The van der Waals surface area contributed by atoms with Crippen LogP contribution in [0.15, 0.2) is 0 Å². The van der Waals surface area contributed by atoms with Crippen LogP contribution in [0.2, 0.25) is 10.4 Å². The van der Waals surface area contributed by atoms with Gasteiger partial charge in [0.15, 0.2) is 5.15 Å². The number of hydrogen-bond acceptors (Lipinski definition) is 3. The Hall–Kier alpha value is -0.540. The van der Waals surface area contributed by atoms with Crippen LogP contribution in [0.25, 0.3) is 0 Å². The lowest BCUT2D eigenvalue weighted by molar-refractivity contribution is 1.10. The molecule has 3 nitrogen and oxygen atoms in total. The molecule has 1 N–H and O–H groups in total. The van der Waals surface area contributed by atoms with Crippen molar-refractivity contribution in [3.05, 3.63) is 16.1 Å². The second-order valence-corrected chi connectivity index (χ2v) is 2.69. The number of nitrogens with zero attached hydrogens (tertiary/aromatic N) is 2. The highest BCUT2D eigenvalue weighted by Gasteiger charge is 2.05. The Morgan fingerprint density at radius 2 is 1.91 bits per heavy atom. The zero-order valence-corrected chi connectivity index (χ0v) is 7.66. The van der Waals surface area contributed by atoms with Crippen molar-refractivity contribution in [3.63, 3.8) is 0 Å². The largest absolute Gasteiger partial charge is 0.384 e. The topological polar surface area (TPSA) is 37.8 Å². The van der Waals surface area contributed by atoms with E-state index in [4.69, 9.17) is 23.2 Å². The van der Waals surface area contributed by atoms with Gasteiger partial charge in [-0.05, 0) is 18.5 Å². The SMILES string of the molecule is CNc1c(C)nc(Cl)nc1Cl. The predicted octanol–water partition coefficient (Wildman–Crippen LogP) is 2.13. The molecule has 1 heterocycles. The average molecular weight is 192 g/mol. The summed E-state index contributed by atoms with van der Waals surface area (Å²) in [4.78, 5) is 7.68. The third-order valence-electron chi connectivity index (χ3n) is 1.27. The van der Waals surface area contributed by atoms with Crippen LogP contribution < -0.4 is 5.32 Å². The molecule has 5 heteroatoms. The molecule has 0 radical (unpaired) electrons. The molecule has 1 rings (SSSR count). The minimum Gasteiger partial charge on any atom is -0.384 e. The Morgan fingerprint density at radius 3 is 2.36 bits per heavy atom. The first-order chi connectivity index (χ1) is 5.15. The molecule has 0 spiro atoms. The van der Waals surface area contributed by atoms with Gasteiger partial charge in [0, 0.05) is 7.05 Å². The number of halogens is 2. The standard InChI is InChI=1S/C6H7Cl2N3/c1-3-4(9-2)5(7)11-6(8)10-3/h9H,1-2H3. The quantitative estimate of drug-likeness (QED) is 0.547. The Balaban J connectivity index is 3.25. The molecule has 1 aromatic rings. The fourth-order valence-electron chi connectivity index (χ4n) is 0.790. The lowest BCUT2D eigenvalue weighted by Crippen LogP contribution is -1.98. The summed E-state index contributed by atoms with van der Waals surface area (Å²) in [5, 5.41) is 3.40. The maximum Gasteiger partial charge on any atom is 0.224 e. The second-order valence-electron chi connectivity index (χ2n) is 1.99. The first-order valence-corrected chi connectivity index (χ1v) is 3.78. The lowest BCUT2D eigenvalue weighted by Gasteiger charge is -2.04. The van der Waals surface area contributed by atoms with Crippen LogP contribution in [0.1, 0.15) is 5.69 Å². The summed E-state index contributed by atoms with van der Waals surface area (Å²) < 4.78 is 0. The Morgan fingerprint density at radius 1 is 1.27 bits per heavy atom. The summed E-state index contributed by atoms with van der Waals surface area (Å²) in [7, 11) is 1.76. The van der Waals surface area contributed by atoms with Crippen LogP contribution in [0.3, 0.4) is 0 Å². The average Bonchev–Trinajstić information content (AvgIpc) is 1.85. The van der Waals surface area contributed by atoms with E-state index in [2.05, 4.69) is 15.3 Å². The van der Waals surface area contributed by atoms with Gasteiger partial charge in [0.2, 0.25) is 5.28 Å². The third kappa shape index (κ3) is 1.73. The molecule has 0 aliphatic heterocycles. The van der Waals surface area contributed by atoms with Crippen LogP contribution >= 0.6 is 23.2 Å². The minimum absolute atomic E-state index is 0.173. The van der Waals surface area contributed by atoms with E-state index in [1.165, 1.54) is 0 Å². The Bertz CT molecular complexity index is 252. The summed E-state index contributed by atoms with van der Waals surface area (Å²) in [6, 6.07) is 0. The lowest BCUT2D eigenvalue weighted by atomic mass is 10.4. The van der Waals surface area contributed by atoms with Crippen molar-refractivity contribution in [2.75, 3.05) is 12.4 Å². The first kappa shape index (κ1) is 8.56. The molecule has 1 aromatic heterocycles. The van der Waals surface area contributed by atoms with E-state index in [0.29, 0.717) is 5.15 Å². The summed E-state index contributed by atoms with van der Waals surface area (Å²) in [6.07, 6.45) is 0. The molecule has 0 saturated carbocycles. The number of rotatable bonds is 1. The van der Waals surface area contributed by atoms with Gasteiger partial charge in [-0.2, -0.15) is 0 Å². The molecule has 0 aliphatic rings. The van der Waals surface area contributed by atoms with Gasteiger partial charge >= 0.3 is 0 Å². The zero-order valence-electron chi connectivity index (χ0n) is 6.15. The Labute approximate surface area is 74.8 Å². The van der Waals surface area contributed by atoms with E-state index >= 15 is 0 Å². The molecular weight excluding hydrogens is 185 g/mol. The van der Waals surface area contributed by atoms with Crippen LogP contribution in [0, 0.1) is 6.92 Å². The van der Waals surface area contributed by atoms with E-state index < -0.39 is 0 Å². The highest BCUT2D eigenvalue weighted by Crippen LogP contribution is 2.22. The molecule has 0 saturated heterocycles. The smallest absolute Gasteiger partial charge is 0.224 e. The van der Waals surface area contributed by atoms with Gasteiger partial charge in [-0.3, -0.25) is 0 Å². The molecule has 0 bridgehead atoms. The van der Waals surface area contributed by atoms with E-state index in [-0.39, 0.29) is 5.28 Å². The number of nitrogens with one attached hydrogen (secondary N) is 1. The van der Waals surface area contributed by atoms with Gasteiger partial charge in [-0.15, -0.1) is 0 Å². The van der Waals surface area contributed by atoms with Crippen molar-refractivity contribution in [2.24, 2.45) is 0 Å². The molecule has 0 atom stereocenters. The number of aromatic nitrogens is 2. The van der Waals surface area contributed by atoms with E-state index in [9.17, 15) is 0 Å².